The van der Waals surface area contributed by atoms with Gasteiger partial charge in [-0.15, -0.1) is 0 Å². The molecule has 1 fully saturated rings. The van der Waals surface area contributed by atoms with Gasteiger partial charge in [0.2, 0.25) is 11.8 Å². The Morgan fingerprint density at radius 3 is 2.81 bits per heavy atom. The van der Waals surface area contributed by atoms with Crippen molar-refractivity contribution in [2.24, 2.45) is 0 Å². The number of para-hydroxylation sites is 1. The number of hydrogen-bond acceptors (Lipinski definition) is 4. The van der Waals surface area contributed by atoms with Gasteiger partial charge in [0.05, 0.1) is 17.8 Å². The number of carbonyl (C=O) groups excluding carboxylic acids is 3. The zero-order valence-corrected chi connectivity index (χ0v) is 17.3. The van der Waals surface area contributed by atoms with Crippen LogP contribution >= 0.6 is 0 Å². The van der Waals surface area contributed by atoms with Crippen LogP contribution in [0.5, 0.6) is 5.75 Å². The quantitative estimate of drug-likeness (QED) is 0.692. The van der Waals surface area contributed by atoms with Crippen molar-refractivity contribution in [3.05, 3.63) is 59.9 Å². The molecule has 31 heavy (non-hydrogen) atoms. The number of fused-ring (bicyclic) bond motifs is 3. The van der Waals surface area contributed by atoms with Crippen LogP contribution in [0.1, 0.15) is 36.5 Å². The SMILES string of the molecule is CC12CCC(=O)N1c1ccccc1C(=O)N2CCC(=O)NCCOc1cccc(F)c1. The third-order valence-corrected chi connectivity index (χ3v) is 5.80. The second-order valence-corrected chi connectivity index (χ2v) is 7.83. The number of carbonyl (C=O) groups is 3. The number of nitrogens with one attached hydrogen (secondary N) is 1. The smallest absolute Gasteiger partial charge is 0.257 e. The van der Waals surface area contributed by atoms with Crippen molar-refractivity contribution in [3.63, 3.8) is 0 Å². The maximum Gasteiger partial charge on any atom is 0.257 e. The van der Waals surface area contributed by atoms with E-state index in [2.05, 4.69) is 5.32 Å². The highest BCUT2D eigenvalue weighted by Gasteiger charge is 2.52. The van der Waals surface area contributed by atoms with Gasteiger partial charge in [-0.3, -0.25) is 19.3 Å². The second kappa shape index (κ2) is 8.37. The normalized spacial score (nSPS) is 19.8. The minimum Gasteiger partial charge on any atom is -0.492 e. The lowest BCUT2D eigenvalue weighted by Crippen LogP contribution is -2.62. The lowest BCUT2D eigenvalue weighted by atomic mass is 9.98. The van der Waals surface area contributed by atoms with Crippen LogP contribution in [0.2, 0.25) is 0 Å². The zero-order chi connectivity index (χ0) is 22.0. The molecule has 162 valence electrons. The van der Waals surface area contributed by atoms with E-state index in [1.54, 1.807) is 40.1 Å². The predicted octanol–water partition coefficient (Wildman–Crippen LogP) is 2.71. The highest BCUT2D eigenvalue weighted by molar-refractivity contribution is 6.10. The molecule has 2 aromatic carbocycles. The number of rotatable bonds is 7. The molecule has 2 aliphatic rings. The minimum absolute atomic E-state index is 0.0219. The minimum atomic E-state index is -0.775. The Morgan fingerprint density at radius 1 is 1.19 bits per heavy atom. The molecule has 2 aromatic rings. The van der Waals surface area contributed by atoms with E-state index in [1.165, 1.54) is 12.1 Å². The summed E-state index contributed by atoms with van der Waals surface area (Å²) in [6.45, 7) is 2.53. The molecule has 0 saturated carbocycles. The number of anilines is 1. The van der Waals surface area contributed by atoms with Crippen molar-refractivity contribution >= 4 is 23.4 Å². The molecule has 0 aliphatic carbocycles. The van der Waals surface area contributed by atoms with Crippen LogP contribution in [0.4, 0.5) is 10.1 Å². The molecule has 3 amide bonds. The van der Waals surface area contributed by atoms with E-state index in [0.717, 1.165) is 0 Å². The summed E-state index contributed by atoms with van der Waals surface area (Å²) in [5.41, 5.74) is 0.329. The molecular weight excluding hydrogens is 401 g/mol. The van der Waals surface area contributed by atoms with Gasteiger partial charge < -0.3 is 15.0 Å². The van der Waals surface area contributed by atoms with Crippen LogP contribution in [0, 0.1) is 5.82 Å². The number of amides is 3. The zero-order valence-electron chi connectivity index (χ0n) is 17.3. The average Bonchev–Trinajstić information content (AvgIpc) is 3.06. The van der Waals surface area contributed by atoms with Crippen LogP contribution < -0.4 is 15.0 Å². The molecule has 1 unspecified atom stereocenters. The maximum atomic E-state index is 13.1. The Bertz CT molecular complexity index is 1030. The van der Waals surface area contributed by atoms with Gasteiger partial charge in [-0.25, -0.2) is 4.39 Å². The molecule has 1 atom stereocenters. The number of halogens is 1. The van der Waals surface area contributed by atoms with Crippen LogP contribution in [-0.4, -0.2) is 48.0 Å². The van der Waals surface area contributed by atoms with E-state index >= 15 is 0 Å². The fraction of sp³-hybridized carbons (Fsp3) is 0.348. The van der Waals surface area contributed by atoms with E-state index in [-0.39, 0.29) is 49.7 Å². The molecule has 7 nitrogen and oxygen atoms in total. The first-order valence-electron chi connectivity index (χ1n) is 10.3. The summed E-state index contributed by atoms with van der Waals surface area (Å²) in [5, 5.41) is 2.75. The monoisotopic (exact) mass is 425 g/mol. The van der Waals surface area contributed by atoms with Crippen molar-refractivity contribution in [1.82, 2.24) is 10.2 Å². The predicted molar refractivity (Wildman–Crippen MR) is 112 cm³/mol. The van der Waals surface area contributed by atoms with Gasteiger partial charge in [0.25, 0.3) is 5.91 Å². The van der Waals surface area contributed by atoms with Crippen LogP contribution in [0.25, 0.3) is 0 Å². The van der Waals surface area contributed by atoms with Crippen molar-refractivity contribution < 1.29 is 23.5 Å². The van der Waals surface area contributed by atoms with Gasteiger partial charge in [-0.05, 0) is 37.6 Å². The molecule has 0 bridgehead atoms. The topological polar surface area (TPSA) is 79.0 Å². The largest absolute Gasteiger partial charge is 0.492 e. The summed E-state index contributed by atoms with van der Waals surface area (Å²) in [6.07, 6.45) is 0.985. The number of nitrogens with zero attached hydrogens (tertiary/aromatic N) is 2. The summed E-state index contributed by atoms with van der Waals surface area (Å²) in [5.74, 6) is -0.417. The van der Waals surface area contributed by atoms with Gasteiger partial charge >= 0.3 is 0 Å². The van der Waals surface area contributed by atoms with Crippen LogP contribution in [0.15, 0.2) is 48.5 Å². The third kappa shape index (κ3) is 3.97. The van der Waals surface area contributed by atoms with E-state index in [0.29, 0.717) is 29.8 Å². The van der Waals surface area contributed by atoms with E-state index in [9.17, 15) is 18.8 Å². The van der Waals surface area contributed by atoms with Crippen LogP contribution in [-0.2, 0) is 9.59 Å². The number of ether oxygens (including phenoxy) is 1. The lowest BCUT2D eigenvalue weighted by molar-refractivity contribution is -0.121. The molecule has 0 spiro atoms. The Labute approximate surface area is 179 Å². The summed E-state index contributed by atoms with van der Waals surface area (Å²) in [4.78, 5) is 41.3. The van der Waals surface area contributed by atoms with Crippen molar-refractivity contribution in [2.45, 2.75) is 31.8 Å². The summed E-state index contributed by atoms with van der Waals surface area (Å²) in [6, 6.07) is 12.9. The van der Waals surface area contributed by atoms with Gasteiger partial charge in [0, 0.05) is 25.5 Å². The standard InChI is InChI=1S/C23H24FN3O4/c1-23-11-9-21(29)27(23)19-8-3-2-7-18(19)22(30)26(23)13-10-20(28)25-12-14-31-17-6-4-5-16(24)15-17/h2-8,15H,9-14H2,1H3,(H,25,28). The molecule has 0 radical (unpaired) electrons. The van der Waals surface area contributed by atoms with E-state index < -0.39 is 5.66 Å². The van der Waals surface area contributed by atoms with Crippen LogP contribution in [0.3, 0.4) is 0 Å². The second-order valence-electron chi connectivity index (χ2n) is 7.83. The molecule has 2 heterocycles. The lowest BCUT2D eigenvalue weighted by Gasteiger charge is -2.48. The molecule has 4 rings (SSSR count). The first kappa shape index (κ1) is 20.8. The van der Waals surface area contributed by atoms with Gasteiger partial charge in [-0.2, -0.15) is 0 Å². The molecular formula is C23H24FN3O4. The van der Waals surface area contributed by atoms with Gasteiger partial charge in [0.15, 0.2) is 0 Å². The summed E-state index contributed by atoms with van der Waals surface area (Å²) in [7, 11) is 0. The van der Waals surface area contributed by atoms with Crippen molar-refractivity contribution in [1.29, 1.82) is 0 Å². The summed E-state index contributed by atoms with van der Waals surface area (Å²) >= 11 is 0. The Morgan fingerprint density at radius 2 is 2.00 bits per heavy atom. The highest BCUT2D eigenvalue weighted by atomic mass is 19.1. The summed E-state index contributed by atoms with van der Waals surface area (Å²) < 4.78 is 18.6. The van der Waals surface area contributed by atoms with Gasteiger partial charge in [0.1, 0.15) is 23.8 Å². The van der Waals surface area contributed by atoms with E-state index in [1.807, 2.05) is 13.0 Å². The fourth-order valence-electron chi connectivity index (χ4n) is 4.26. The maximum absolute atomic E-state index is 13.1. The fourth-order valence-corrected chi connectivity index (χ4v) is 4.26. The van der Waals surface area contributed by atoms with Crippen molar-refractivity contribution in [3.8, 4) is 5.75 Å². The average molecular weight is 425 g/mol. The Balaban J connectivity index is 1.35. The molecule has 8 heteroatoms. The van der Waals surface area contributed by atoms with Crippen molar-refractivity contribution in [2.75, 3.05) is 24.6 Å². The Hall–Kier alpha value is -3.42. The number of hydrogen-bond donors (Lipinski definition) is 1. The first-order valence-corrected chi connectivity index (χ1v) is 10.3. The third-order valence-electron chi connectivity index (χ3n) is 5.80. The van der Waals surface area contributed by atoms with E-state index in [4.69, 9.17) is 4.74 Å². The molecule has 0 aromatic heterocycles. The Kier molecular flexibility index (Phi) is 5.63. The molecule has 2 aliphatic heterocycles. The first-order chi connectivity index (χ1) is 14.9. The number of benzene rings is 2. The molecule has 1 N–H and O–H groups in total. The molecule has 1 saturated heterocycles. The highest BCUT2D eigenvalue weighted by Crippen LogP contribution is 2.43. The van der Waals surface area contributed by atoms with Gasteiger partial charge in [-0.1, -0.05) is 18.2 Å².